The number of hydrogen-bond donors (Lipinski definition) is 9. The van der Waals surface area contributed by atoms with Crippen molar-refractivity contribution < 1.29 is 39.1 Å². The normalized spacial score (nSPS) is 26.9. The van der Waals surface area contributed by atoms with Crippen molar-refractivity contribution in [3.63, 3.8) is 0 Å². The molecule has 1 aliphatic carbocycles. The lowest BCUT2D eigenvalue weighted by atomic mass is 10.1. The monoisotopic (exact) mass is 625 g/mol. The van der Waals surface area contributed by atoms with Crippen LogP contribution in [-0.2, 0) is 20.5 Å². The van der Waals surface area contributed by atoms with E-state index in [-0.39, 0.29) is 22.8 Å². The number of anilines is 1. The summed E-state index contributed by atoms with van der Waals surface area (Å²) in [5, 5.41) is 41.1. The third-order valence-electron chi connectivity index (χ3n) is 7.64. The molecule has 2 aromatic heterocycles. The Morgan fingerprint density at radius 2 is 2.05 bits per heavy atom. The Kier molecular flexibility index (Phi) is 7.82. The van der Waals surface area contributed by atoms with E-state index in [2.05, 4.69) is 54.1 Å². The van der Waals surface area contributed by atoms with Crippen LogP contribution >= 0.6 is 19.2 Å². The number of rotatable bonds is 10. The first-order chi connectivity index (χ1) is 20.1. The van der Waals surface area contributed by atoms with E-state index < -0.39 is 57.1 Å². The number of nitrogens with zero attached hydrogens (tertiary/aromatic N) is 5. The van der Waals surface area contributed by atoms with Crippen LogP contribution in [0.4, 0.5) is 5.82 Å². The van der Waals surface area contributed by atoms with E-state index in [1.807, 2.05) is 12.1 Å². The fourth-order valence-electron chi connectivity index (χ4n) is 5.37. The average molecular weight is 626 g/mol. The molecule has 17 nitrogen and oxygen atoms in total. The summed E-state index contributed by atoms with van der Waals surface area (Å²) in [5.74, 6) is 0.496. The lowest BCUT2D eigenvalue weighted by Crippen LogP contribution is -2.45. The Hall–Kier alpha value is -2.96. The standard InChI is InChI=1S/C23H29ClN9O8P/c24-22-27-19(26-14-6-5-11-3-1-2-4-12(11)14)13-8-25-33(20(13)28-22)21-18(36)17(35)15(41-21)9-40-23(10-34,42(37,38)39)7-16-29-31-32-30-16/h1-4,8,14-15,17-18,21,31-32,34-36H,5-7,9-10H2,(H,29,30)(H,26,27,28)(H2,37,38,39)/t14?,15-,17-,18-,21-,23?/m1/s1. The molecule has 1 aromatic carbocycles. The quantitative estimate of drug-likeness (QED) is 0.101. The van der Waals surface area contributed by atoms with Crippen LogP contribution in [-0.4, -0.2) is 87.6 Å². The number of hydrazine groups is 2. The Morgan fingerprint density at radius 3 is 2.79 bits per heavy atom. The fraction of sp³-hybridized carbons (Fsp3) is 0.478. The van der Waals surface area contributed by atoms with Crippen molar-refractivity contribution in [3.05, 3.63) is 46.9 Å². The van der Waals surface area contributed by atoms with E-state index in [0.717, 1.165) is 18.4 Å². The van der Waals surface area contributed by atoms with Gasteiger partial charge in [-0.25, -0.2) is 10.2 Å². The number of aliphatic hydroxyl groups is 3. The average Bonchev–Trinajstić information content (AvgIpc) is 3.75. The van der Waals surface area contributed by atoms with Gasteiger partial charge in [-0.1, -0.05) is 24.3 Å². The van der Waals surface area contributed by atoms with Gasteiger partial charge < -0.3 is 39.9 Å². The minimum atomic E-state index is -5.10. The largest absolute Gasteiger partial charge is 0.393 e. The Balaban J connectivity index is 1.22. The van der Waals surface area contributed by atoms with Gasteiger partial charge >= 0.3 is 7.60 Å². The first-order valence-corrected chi connectivity index (χ1v) is 15.0. The zero-order valence-electron chi connectivity index (χ0n) is 21.8. The van der Waals surface area contributed by atoms with Gasteiger partial charge in [0.2, 0.25) is 5.28 Å². The van der Waals surface area contributed by atoms with Crippen molar-refractivity contribution in [1.29, 1.82) is 0 Å². The molecule has 6 atom stereocenters. The van der Waals surface area contributed by atoms with E-state index >= 15 is 0 Å². The summed E-state index contributed by atoms with van der Waals surface area (Å²) in [6.07, 6.45) is -2.84. The zero-order chi connectivity index (χ0) is 29.6. The second-order valence-corrected chi connectivity index (χ2v) is 12.4. The number of aryl methyl sites for hydroxylation is 1. The minimum absolute atomic E-state index is 0.00633. The molecule has 9 N–H and O–H groups in total. The predicted molar refractivity (Wildman–Crippen MR) is 147 cm³/mol. The van der Waals surface area contributed by atoms with Crippen LogP contribution in [0.25, 0.3) is 11.0 Å². The summed E-state index contributed by atoms with van der Waals surface area (Å²) in [6, 6.07) is 8.10. The third-order valence-corrected chi connectivity index (χ3v) is 9.30. The molecule has 0 saturated carbocycles. The smallest absolute Gasteiger partial charge is 0.359 e. The molecule has 0 bridgehead atoms. The summed E-state index contributed by atoms with van der Waals surface area (Å²) < 4.78 is 25.0. The number of amidine groups is 1. The number of halogens is 1. The summed E-state index contributed by atoms with van der Waals surface area (Å²) in [6.45, 7) is -1.68. The fourth-order valence-corrected chi connectivity index (χ4v) is 6.32. The van der Waals surface area contributed by atoms with Crippen molar-refractivity contribution in [2.75, 3.05) is 18.5 Å². The van der Waals surface area contributed by atoms with Gasteiger partial charge in [0.05, 0.1) is 37.3 Å². The summed E-state index contributed by atoms with van der Waals surface area (Å²) in [5.41, 5.74) is 9.95. The molecular weight excluding hydrogens is 597 g/mol. The SMILES string of the molecule is O=P(O)(O)C(CO)(CC1=NNNN1)OC[C@H]1O[C@@H](n2ncc3c(NC4CCc5ccccc54)nc(Cl)nc32)[C@H](O)[C@@H]1O. The highest BCUT2D eigenvalue weighted by atomic mass is 35.5. The molecule has 19 heteroatoms. The second-order valence-electron chi connectivity index (χ2n) is 10.2. The summed E-state index contributed by atoms with van der Waals surface area (Å²) in [4.78, 5) is 28.7. The van der Waals surface area contributed by atoms with Gasteiger partial charge in [0, 0.05) is 0 Å². The molecule has 42 heavy (non-hydrogen) atoms. The first-order valence-electron chi connectivity index (χ1n) is 13.0. The van der Waals surface area contributed by atoms with Gasteiger partial charge in [0.15, 0.2) is 17.2 Å². The lowest BCUT2D eigenvalue weighted by molar-refractivity contribution is -0.107. The number of benzene rings is 1. The minimum Gasteiger partial charge on any atom is -0.393 e. The molecular formula is C23H29ClN9O8P. The molecule has 1 fully saturated rings. The van der Waals surface area contributed by atoms with Gasteiger partial charge in [-0.05, 0) is 35.6 Å². The predicted octanol–water partition coefficient (Wildman–Crippen LogP) is -0.603. The maximum atomic E-state index is 12.4. The van der Waals surface area contributed by atoms with Gasteiger partial charge in [0.1, 0.15) is 30.0 Å². The molecule has 4 heterocycles. The number of hydrogen-bond acceptors (Lipinski definition) is 14. The zero-order valence-corrected chi connectivity index (χ0v) is 23.5. The summed E-state index contributed by atoms with van der Waals surface area (Å²) in [7, 11) is -5.10. The van der Waals surface area contributed by atoms with E-state index in [9.17, 15) is 29.7 Å². The van der Waals surface area contributed by atoms with Gasteiger partial charge in [0.25, 0.3) is 0 Å². The van der Waals surface area contributed by atoms with Crippen molar-refractivity contribution in [2.24, 2.45) is 5.10 Å². The van der Waals surface area contributed by atoms with E-state index in [1.165, 1.54) is 16.4 Å². The lowest BCUT2D eigenvalue weighted by Gasteiger charge is -2.33. The number of ether oxygens (including phenoxy) is 2. The second kappa shape index (κ2) is 11.3. The number of aliphatic hydroxyl groups excluding tert-OH is 3. The van der Waals surface area contributed by atoms with Crippen LogP contribution in [0.15, 0.2) is 35.6 Å². The maximum absolute atomic E-state index is 12.4. The van der Waals surface area contributed by atoms with Gasteiger partial charge in [-0.15, -0.1) is 10.6 Å². The highest BCUT2D eigenvalue weighted by molar-refractivity contribution is 7.53. The molecule has 0 radical (unpaired) electrons. The Morgan fingerprint density at radius 1 is 1.24 bits per heavy atom. The number of nitrogens with one attached hydrogen (secondary N) is 4. The van der Waals surface area contributed by atoms with Gasteiger partial charge in [-0.2, -0.15) is 15.1 Å². The molecule has 0 spiro atoms. The van der Waals surface area contributed by atoms with E-state index in [0.29, 0.717) is 11.2 Å². The van der Waals surface area contributed by atoms with Crippen molar-refractivity contribution in [2.45, 2.75) is 55.2 Å². The van der Waals surface area contributed by atoms with Crippen LogP contribution < -0.4 is 21.8 Å². The third kappa shape index (κ3) is 5.22. The maximum Gasteiger partial charge on any atom is 0.359 e. The molecule has 6 rings (SSSR count). The molecule has 3 aromatic rings. The molecule has 3 aliphatic rings. The molecule has 2 unspecified atom stereocenters. The van der Waals surface area contributed by atoms with Crippen LogP contribution in [0.1, 0.15) is 36.2 Å². The molecule has 0 amide bonds. The molecule has 2 aliphatic heterocycles. The van der Waals surface area contributed by atoms with Crippen LogP contribution in [0.2, 0.25) is 5.28 Å². The molecule has 226 valence electrons. The van der Waals surface area contributed by atoms with Crippen LogP contribution in [0.3, 0.4) is 0 Å². The van der Waals surface area contributed by atoms with Crippen molar-refractivity contribution >= 4 is 41.9 Å². The Bertz CT molecular complexity index is 1560. The first kappa shape index (κ1) is 29.1. The molecule has 1 saturated heterocycles. The topological polar surface area (TPSA) is 241 Å². The highest BCUT2D eigenvalue weighted by Crippen LogP contribution is 2.53. The number of fused-ring (bicyclic) bond motifs is 2. The van der Waals surface area contributed by atoms with E-state index in [4.69, 9.17) is 21.1 Å². The van der Waals surface area contributed by atoms with Gasteiger partial charge in [-0.3, -0.25) is 9.99 Å². The Labute approximate surface area is 243 Å². The van der Waals surface area contributed by atoms with E-state index in [1.54, 1.807) is 0 Å². The van der Waals surface area contributed by atoms with Crippen molar-refractivity contribution in [1.82, 2.24) is 36.2 Å². The highest BCUT2D eigenvalue weighted by Gasteiger charge is 2.52. The summed E-state index contributed by atoms with van der Waals surface area (Å²) >= 11 is 6.27. The van der Waals surface area contributed by atoms with Crippen LogP contribution in [0.5, 0.6) is 0 Å². The van der Waals surface area contributed by atoms with Crippen molar-refractivity contribution in [3.8, 4) is 0 Å². The van der Waals surface area contributed by atoms with Crippen LogP contribution in [0, 0.1) is 0 Å². The number of aromatic nitrogens is 4. The number of hydrazone groups is 1.